The van der Waals surface area contributed by atoms with E-state index in [0.717, 1.165) is 16.5 Å². The second kappa shape index (κ2) is 9.85. The monoisotopic (exact) mass is 577 g/mol. The highest BCUT2D eigenvalue weighted by Gasteiger charge is 2.32. The third-order valence-electron chi connectivity index (χ3n) is 6.09. The Morgan fingerprint density at radius 2 is 1.94 bits per heavy atom. The lowest BCUT2D eigenvalue weighted by Crippen LogP contribution is -2.42. The smallest absolute Gasteiger partial charge is 0.245 e. The molecule has 5 rings (SSSR count). The number of piperidine rings is 1. The lowest BCUT2D eigenvalue weighted by Gasteiger charge is -2.32. The van der Waals surface area contributed by atoms with E-state index < -0.39 is 15.8 Å². The van der Waals surface area contributed by atoms with Crippen LogP contribution in [0.3, 0.4) is 0 Å². The number of nitrogens with zero attached hydrogens (tertiary/aromatic N) is 4. The molecule has 1 aliphatic heterocycles. The van der Waals surface area contributed by atoms with Crippen molar-refractivity contribution in [3.05, 3.63) is 76.1 Å². The Hall–Kier alpha value is -2.53. The van der Waals surface area contributed by atoms with Crippen molar-refractivity contribution in [2.45, 2.75) is 17.7 Å². The Kier molecular flexibility index (Phi) is 6.80. The summed E-state index contributed by atoms with van der Waals surface area (Å²) in [6, 6.07) is 14.9. The van der Waals surface area contributed by atoms with Gasteiger partial charge in [-0.05, 0) is 52.9 Å². The minimum Gasteiger partial charge on any atom is -0.370 e. The van der Waals surface area contributed by atoms with Crippen molar-refractivity contribution in [3.63, 3.8) is 0 Å². The van der Waals surface area contributed by atoms with Crippen molar-refractivity contribution in [1.82, 2.24) is 18.9 Å². The molecule has 0 spiro atoms. The zero-order valence-corrected chi connectivity index (χ0v) is 21.7. The lowest BCUT2D eigenvalue weighted by molar-refractivity contribution is 0.274. The summed E-state index contributed by atoms with van der Waals surface area (Å²) in [6.45, 7) is 1.19. The van der Waals surface area contributed by atoms with Crippen molar-refractivity contribution in [2.75, 3.05) is 25.0 Å². The van der Waals surface area contributed by atoms with Gasteiger partial charge in [-0.2, -0.15) is 13.9 Å². The second-order valence-corrected chi connectivity index (χ2v) is 11.6. The van der Waals surface area contributed by atoms with Crippen LogP contribution < -0.4 is 5.32 Å². The number of sulfonamides is 1. The zero-order chi connectivity index (χ0) is 24.6. The molecule has 4 aromatic rings. The summed E-state index contributed by atoms with van der Waals surface area (Å²) in [5.74, 6) is 0.0178. The molecule has 11 heteroatoms. The summed E-state index contributed by atoms with van der Waals surface area (Å²) in [4.78, 5) is 4.43. The molecule has 7 nitrogen and oxygen atoms in total. The van der Waals surface area contributed by atoms with Gasteiger partial charge in [0.15, 0.2) is 5.65 Å². The maximum atomic E-state index is 14.2. The summed E-state index contributed by atoms with van der Waals surface area (Å²) in [5.41, 5.74) is 2.13. The van der Waals surface area contributed by atoms with Gasteiger partial charge in [0.1, 0.15) is 16.5 Å². The quantitative estimate of drug-likeness (QED) is 0.329. The molecule has 0 saturated carbocycles. The normalized spacial score (nSPS) is 17.1. The Bertz CT molecular complexity index is 1500. The summed E-state index contributed by atoms with van der Waals surface area (Å²) in [7, 11) is -3.91. The molecular formula is C24H22BrClFN5O2S. The predicted molar refractivity (Wildman–Crippen MR) is 138 cm³/mol. The van der Waals surface area contributed by atoms with Crippen LogP contribution in [0.15, 0.2) is 70.2 Å². The van der Waals surface area contributed by atoms with Gasteiger partial charge in [0.25, 0.3) is 0 Å². The predicted octanol–water partition coefficient (Wildman–Crippen LogP) is 5.46. The van der Waals surface area contributed by atoms with Gasteiger partial charge < -0.3 is 5.32 Å². The molecule has 182 valence electrons. The minimum absolute atomic E-state index is 0.0382. The molecule has 0 radical (unpaired) electrons. The van der Waals surface area contributed by atoms with Gasteiger partial charge >= 0.3 is 0 Å². The first-order chi connectivity index (χ1) is 16.8. The SMILES string of the molecule is O=S(=O)(c1ccccc1F)N1CCCC(CNc2cc(-c3ccccc3Cl)nc3c(Br)cnn23)C1. The Balaban J connectivity index is 1.39. The number of hydrogen-bond donors (Lipinski definition) is 1. The second-order valence-electron chi connectivity index (χ2n) is 8.42. The molecule has 1 fully saturated rings. The third-order valence-corrected chi connectivity index (χ3v) is 8.87. The van der Waals surface area contributed by atoms with Crippen LogP contribution in [0.25, 0.3) is 16.9 Å². The Morgan fingerprint density at radius 3 is 2.74 bits per heavy atom. The van der Waals surface area contributed by atoms with E-state index in [2.05, 4.69) is 26.3 Å². The summed E-state index contributed by atoms with van der Waals surface area (Å²) < 4.78 is 44.2. The van der Waals surface area contributed by atoms with Crippen molar-refractivity contribution >= 4 is 49.0 Å². The van der Waals surface area contributed by atoms with Crippen molar-refractivity contribution < 1.29 is 12.8 Å². The molecule has 1 aliphatic rings. The summed E-state index contributed by atoms with van der Waals surface area (Å²) in [5, 5.41) is 8.42. The number of rotatable bonds is 6. The molecular weight excluding hydrogens is 557 g/mol. The lowest BCUT2D eigenvalue weighted by atomic mass is 10.00. The van der Waals surface area contributed by atoms with Gasteiger partial charge in [0.2, 0.25) is 10.0 Å². The van der Waals surface area contributed by atoms with Gasteiger partial charge in [-0.1, -0.05) is 41.9 Å². The molecule has 0 amide bonds. The molecule has 35 heavy (non-hydrogen) atoms. The van der Waals surface area contributed by atoms with Crippen LogP contribution in [0, 0.1) is 11.7 Å². The molecule has 0 aliphatic carbocycles. The largest absolute Gasteiger partial charge is 0.370 e. The number of nitrogens with one attached hydrogen (secondary N) is 1. The van der Waals surface area contributed by atoms with E-state index >= 15 is 0 Å². The average molecular weight is 579 g/mol. The summed E-state index contributed by atoms with van der Waals surface area (Å²) >= 11 is 9.91. The molecule has 0 bridgehead atoms. The fraction of sp³-hybridized carbons (Fsp3) is 0.250. The van der Waals surface area contributed by atoms with Crippen LogP contribution >= 0.6 is 27.5 Å². The van der Waals surface area contributed by atoms with Gasteiger partial charge in [-0.15, -0.1) is 0 Å². The first kappa shape index (κ1) is 24.2. The molecule has 3 heterocycles. The van der Waals surface area contributed by atoms with Gasteiger partial charge in [-0.3, -0.25) is 0 Å². The number of benzene rings is 2. The molecule has 1 saturated heterocycles. The maximum absolute atomic E-state index is 14.2. The van der Waals surface area contributed by atoms with Crippen LogP contribution in [0.1, 0.15) is 12.8 Å². The molecule has 1 atom stereocenters. The van der Waals surface area contributed by atoms with Gasteiger partial charge in [-0.25, -0.2) is 17.8 Å². The average Bonchev–Trinajstić information content (AvgIpc) is 3.24. The fourth-order valence-electron chi connectivity index (χ4n) is 4.32. The van der Waals surface area contributed by atoms with Crippen LogP contribution in [-0.2, 0) is 10.0 Å². The zero-order valence-electron chi connectivity index (χ0n) is 18.5. The first-order valence-electron chi connectivity index (χ1n) is 11.1. The topological polar surface area (TPSA) is 79.6 Å². The fourth-order valence-corrected chi connectivity index (χ4v) is 6.52. The van der Waals surface area contributed by atoms with Crippen LogP contribution in [0.2, 0.25) is 5.02 Å². The van der Waals surface area contributed by atoms with Gasteiger partial charge in [0, 0.05) is 36.3 Å². The highest BCUT2D eigenvalue weighted by atomic mass is 79.9. The van der Waals surface area contributed by atoms with E-state index in [4.69, 9.17) is 16.6 Å². The minimum atomic E-state index is -3.91. The van der Waals surface area contributed by atoms with E-state index in [9.17, 15) is 12.8 Å². The van der Waals surface area contributed by atoms with E-state index in [1.807, 2.05) is 30.3 Å². The third kappa shape index (κ3) is 4.80. The molecule has 2 aromatic carbocycles. The van der Waals surface area contributed by atoms with E-state index in [0.29, 0.717) is 48.2 Å². The number of hydrogen-bond acceptors (Lipinski definition) is 5. The van der Waals surface area contributed by atoms with E-state index in [-0.39, 0.29) is 10.8 Å². The van der Waals surface area contributed by atoms with Crippen LogP contribution in [0.4, 0.5) is 10.2 Å². The van der Waals surface area contributed by atoms with E-state index in [1.54, 1.807) is 10.7 Å². The number of aromatic nitrogens is 3. The highest BCUT2D eigenvalue weighted by Crippen LogP contribution is 2.31. The van der Waals surface area contributed by atoms with Crippen molar-refractivity contribution in [3.8, 4) is 11.3 Å². The standard InChI is InChI=1S/C24H22BrClFN5O2S/c25-18-14-29-32-23(12-21(30-24(18)32)17-7-1-2-8-19(17)26)28-13-16-6-5-11-31(15-16)35(33,34)22-10-4-3-9-20(22)27/h1-4,7-10,12,14,16,28H,5-6,11,13,15H2. The summed E-state index contributed by atoms with van der Waals surface area (Å²) in [6.07, 6.45) is 3.22. The number of fused-ring (bicyclic) bond motifs is 1. The van der Waals surface area contributed by atoms with Crippen molar-refractivity contribution in [2.24, 2.45) is 5.92 Å². The Labute approximate surface area is 216 Å². The molecule has 1 N–H and O–H groups in total. The molecule has 2 aromatic heterocycles. The van der Waals surface area contributed by atoms with Crippen LogP contribution in [-0.4, -0.2) is 47.0 Å². The number of halogens is 3. The maximum Gasteiger partial charge on any atom is 0.245 e. The number of anilines is 1. The highest BCUT2D eigenvalue weighted by molar-refractivity contribution is 9.10. The van der Waals surface area contributed by atoms with Crippen molar-refractivity contribution in [1.29, 1.82) is 0 Å². The Morgan fingerprint density at radius 1 is 1.17 bits per heavy atom. The van der Waals surface area contributed by atoms with Gasteiger partial charge in [0.05, 0.1) is 16.4 Å². The van der Waals surface area contributed by atoms with Crippen LogP contribution in [0.5, 0.6) is 0 Å². The van der Waals surface area contributed by atoms with E-state index in [1.165, 1.54) is 28.6 Å². The molecule has 1 unspecified atom stereocenters. The first-order valence-corrected chi connectivity index (χ1v) is 13.7.